The SMILES string of the molecule is CCCC[C@H](C)[C@@H]1CC(=O)N(CCc2ccccc2)C=CN1C(=O)[C@H](NS(=O)(=O)c1ccc(C)cc1)[C@@H](C)CC. The molecule has 0 aliphatic carbocycles. The number of hydrogen-bond donors (Lipinski definition) is 1. The molecule has 2 amide bonds. The Morgan fingerprint density at radius 3 is 2.33 bits per heavy atom. The highest BCUT2D eigenvalue weighted by atomic mass is 32.2. The van der Waals surface area contributed by atoms with E-state index in [-0.39, 0.29) is 41.0 Å². The normalized spacial score (nSPS) is 18.3. The molecule has 0 unspecified atom stereocenters. The molecule has 218 valence electrons. The van der Waals surface area contributed by atoms with Crippen LogP contribution >= 0.6 is 0 Å². The molecule has 2 aromatic rings. The Hall–Kier alpha value is -2.97. The van der Waals surface area contributed by atoms with E-state index in [9.17, 15) is 18.0 Å². The summed E-state index contributed by atoms with van der Waals surface area (Å²) in [4.78, 5) is 31.1. The van der Waals surface area contributed by atoms with Crippen LogP contribution in [0.2, 0.25) is 0 Å². The maximum Gasteiger partial charge on any atom is 0.245 e. The van der Waals surface area contributed by atoms with Gasteiger partial charge in [-0.3, -0.25) is 9.59 Å². The van der Waals surface area contributed by atoms with E-state index in [1.54, 1.807) is 46.5 Å². The van der Waals surface area contributed by atoms with Crippen molar-refractivity contribution in [2.24, 2.45) is 11.8 Å². The van der Waals surface area contributed by atoms with Gasteiger partial charge in [-0.2, -0.15) is 4.72 Å². The van der Waals surface area contributed by atoms with Gasteiger partial charge in [-0.05, 0) is 49.3 Å². The minimum absolute atomic E-state index is 0.0313. The first-order valence-electron chi connectivity index (χ1n) is 14.5. The van der Waals surface area contributed by atoms with Crippen molar-refractivity contribution in [1.29, 1.82) is 0 Å². The fraction of sp³-hybridized carbons (Fsp3) is 0.500. The maximum absolute atomic E-state index is 14.2. The summed E-state index contributed by atoms with van der Waals surface area (Å²) in [5.74, 6) is -0.540. The van der Waals surface area contributed by atoms with Gasteiger partial charge < -0.3 is 9.80 Å². The van der Waals surface area contributed by atoms with E-state index >= 15 is 0 Å². The number of nitrogens with zero attached hydrogens (tertiary/aromatic N) is 2. The van der Waals surface area contributed by atoms with Crippen molar-refractivity contribution in [2.45, 2.75) is 90.1 Å². The number of amides is 2. The lowest BCUT2D eigenvalue weighted by Gasteiger charge is -2.35. The Bertz CT molecular complexity index is 1240. The van der Waals surface area contributed by atoms with Crippen molar-refractivity contribution in [2.75, 3.05) is 6.54 Å². The van der Waals surface area contributed by atoms with Gasteiger partial charge in [0, 0.05) is 31.4 Å². The Morgan fingerprint density at radius 2 is 1.70 bits per heavy atom. The first-order chi connectivity index (χ1) is 19.1. The lowest BCUT2D eigenvalue weighted by molar-refractivity contribution is -0.136. The maximum atomic E-state index is 14.2. The summed E-state index contributed by atoms with van der Waals surface area (Å²) < 4.78 is 29.4. The monoisotopic (exact) mass is 567 g/mol. The minimum Gasteiger partial charge on any atom is -0.317 e. The van der Waals surface area contributed by atoms with E-state index in [1.807, 2.05) is 51.1 Å². The molecule has 4 atom stereocenters. The number of carbonyl (C=O) groups excluding carboxylic acids is 2. The zero-order valence-corrected chi connectivity index (χ0v) is 25.4. The van der Waals surface area contributed by atoms with Crippen LogP contribution in [-0.4, -0.2) is 48.7 Å². The van der Waals surface area contributed by atoms with Gasteiger partial charge in [0.2, 0.25) is 21.8 Å². The molecule has 0 aromatic heterocycles. The minimum atomic E-state index is -3.94. The van der Waals surface area contributed by atoms with Crippen LogP contribution in [0.15, 0.2) is 71.9 Å². The molecule has 1 heterocycles. The highest BCUT2D eigenvalue weighted by Gasteiger charge is 2.38. The standard InChI is InChI=1S/C32H45N3O4S/c1-6-8-12-26(5)29-23-30(36)34(20-19-27-13-10-9-11-14-27)21-22-35(29)32(37)31(25(4)7-2)33-40(38,39)28-17-15-24(3)16-18-28/h9-11,13-18,21-22,25-26,29,31,33H,6-8,12,19-20,23H2,1-5H3/t25-,26-,29-,31+/m0/s1. The molecular weight excluding hydrogens is 522 g/mol. The molecule has 0 spiro atoms. The van der Waals surface area contributed by atoms with Gasteiger partial charge in [0.05, 0.1) is 4.90 Å². The number of nitrogens with one attached hydrogen (secondary N) is 1. The van der Waals surface area contributed by atoms with Crippen LogP contribution < -0.4 is 4.72 Å². The van der Waals surface area contributed by atoms with Gasteiger partial charge in [-0.15, -0.1) is 0 Å². The van der Waals surface area contributed by atoms with E-state index < -0.39 is 16.1 Å². The molecule has 1 aliphatic heterocycles. The number of hydrogen-bond acceptors (Lipinski definition) is 4. The Labute approximate surface area is 240 Å². The third-order valence-corrected chi connectivity index (χ3v) is 9.43. The van der Waals surface area contributed by atoms with Crippen molar-refractivity contribution in [3.63, 3.8) is 0 Å². The topological polar surface area (TPSA) is 86.8 Å². The van der Waals surface area contributed by atoms with Crippen LogP contribution in [0.5, 0.6) is 0 Å². The molecule has 1 aliphatic rings. The second kappa shape index (κ2) is 14.6. The summed E-state index contributed by atoms with van der Waals surface area (Å²) in [6, 6.07) is 15.3. The summed E-state index contributed by atoms with van der Waals surface area (Å²) in [6.07, 6.45) is 7.78. The number of carbonyl (C=O) groups is 2. The number of rotatable bonds is 13. The summed E-state index contributed by atoms with van der Waals surface area (Å²) in [6.45, 7) is 10.4. The molecule has 2 aromatic carbocycles. The highest BCUT2D eigenvalue weighted by molar-refractivity contribution is 7.89. The molecule has 3 rings (SSSR count). The lowest BCUT2D eigenvalue weighted by Crippen LogP contribution is -2.53. The third kappa shape index (κ3) is 8.27. The predicted octanol–water partition coefficient (Wildman–Crippen LogP) is 5.66. The molecule has 8 heteroatoms. The summed E-state index contributed by atoms with van der Waals surface area (Å²) >= 11 is 0. The fourth-order valence-electron chi connectivity index (χ4n) is 5.02. The zero-order valence-electron chi connectivity index (χ0n) is 24.5. The van der Waals surface area contributed by atoms with Gasteiger partial charge in [0.15, 0.2) is 0 Å². The third-order valence-electron chi connectivity index (χ3n) is 7.97. The van der Waals surface area contributed by atoms with Gasteiger partial charge in [0.1, 0.15) is 6.04 Å². The molecule has 40 heavy (non-hydrogen) atoms. The first kappa shape index (κ1) is 31.6. The second-order valence-electron chi connectivity index (χ2n) is 11.1. The smallest absolute Gasteiger partial charge is 0.245 e. The lowest BCUT2D eigenvalue weighted by atomic mass is 9.90. The van der Waals surface area contributed by atoms with Crippen LogP contribution in [0.25, 0.3) is 0 Å². The van der Waals surface area contributed by atoms with Gasteiger partial charge in [-0.25, -0.2) is 8.42 Å². The fourth-order valence-corrected chi connectivity index (χ4v) is 6.32. The molecule has 0 fully saturated rings. The van der Waals surface area contributed by atoms with E-state index in [4.69, 9.17) is 0 Å². The van der Waals surface area contributed by atoms with Gasteiger partial charge in [-0.1, -0.05) is 95.0 Å². The molecule has 0 saturated heterocycles. The quantitative estimate of drug-likeness (QED) is 0.339. The van der Waals surface area contributed by atoms with Crippen LogP contribution in [0.4, 0.5) is 0 Å². The van der Waals surface area contributed by atoms with Crippen LogP contribution in [0, 0.1) is 18.8 Å². The molecule has 1 N–H and O–H groups in total. The van der Waals surface area contributed by atoms with Gasteiger partial charge >= 0.3 is 0 Å². The summed E-state index contributed by atoms with van der Waals surface area (Å²) in [5.41, 5.74) is 2.09. The Balaban J connectivity index is 1.91. The van der Waals surface area contributed by atoms with Crippen molar-refractivity contribution in [1.82, 2.24) is 14.5 Å². The van der Waals surface area contributed by atoms with Crippen molar-refractivity contribution >= 4 is 21.8 Å². The first-order valence-corrected chi connectivity index (χ1v) is 16.0. The highest BCUT2D eigenvalue weighted by Crippen LogP contribution is 2.27. The second-order valence-corrected chi connectivity index (χ2v) is 12.8. The molecular formula is C32H45N3O4S. The van der Waals surface area contributed by atoms with Crippen molar-refractivity contribution in [3.8, 4) is 0 Å². The van der Waals surface area contributed by atoms with E-state index in [2.05, 4.69) is 18.6 Å². The van der Waals surface area contributed by atoms with E-state index in [0.29, 0.717) is 19.4 Å². The Morgan fingerprint density at radius 1 is 1.02 bits per heavy atom. The van der Waals surface area contributed by atoms with Crippen molar-refractivity contribution in [3.05, 3.63) is 78.1 Å². The van der Waals surface area contributed by atoms with Gasteiger partial charge in [0.25, 0.3) is 0 Å². The number of benzene rings is 2. The predicted molar refractivity (Wildman–Crippen MR) is 160 cm³/mol. The largest absolute Gasteiger partial charge is 0.317 e. The molecule has 0 bridgehead atoms. The Kier molecular flexibility index (Phi) is 11.5. The number of aryl methyl sites for hydroxylation is 1. The molecule has 0 radical (unpaired) electrons. The van der Waals surface area contributed by atoms with E-state index in [0.717, 1.165) is 30.4 Å². The summed E-state index contributed by atoms with van der Waals surface area (Å²) in [7, 11) is -3.94. The van der Waals surface area contributed by atoms with Crippen LogP contribution in [0.3, 0.4) is 0 Å². The van der Waals surface area contributed by atoms with Crippen molar-refractivity contribution < 1.29 is 18.0 Å². The van der Waals surface area contributed by atoms with E-state index in [1.165, 1.54) is 0 Å². The number of unbranched alkanes of at least 4 members (excludes halogenated alkanes) is 1. The average molecular weight is 568 g/mol. The average Bonchev–Trinajstić information content (AvgIpc) is 3.12. The molecule has 7 nitrogen and oxygen atoms in total. The zero-order chi connectivity index (χ0) is 29.3. The molecule has 0 saturated carbocycles. The van der Waals surface area contributed by atoms with Crippen LogP contribution in [0.1, 0.15) is 70.9 Å². The van der Waals surface area contributed by atoms with Crippen LogP contribution in [-0.2, 0) is 26.0 Å². The summed E-state index contributed by atoms with van der Waals surface area (Å²) in [5, 5.41) is 0. The number of sulfonamides is 1.